The maximum Gasteiger partial charge on any atom is 0.498 e. The maximum atomic E-state index is 11.1. The molecular weight excluding hydrogens is 1370 g/mol. The van der Waals surface area contributed by atoms with Crippen LogP contribution in [-0.2, 0) is 22.4 Å². The van der Waals surface area contributed by atoms with Crippen LogP contribution >= 0.6 is 31.9 Å². The Morgan fingerprint density at radius 3 is 1.55 bits per heavy atom. The fourth-order valence-electron chi connectivity index (χ4n) is 10.8. The highest BCUT2D eigenvalue weighted by molar-refractivity contribution is 9.10. The third kappa shape index (κ3) is 17.7. The van der Waals surface area contributed by atoms with Crippen molar-refractivity contribution in [1.82, 2.24) is 64.4 Å². The van der Waals surface area contributed by atoms with Gasteiger partial charge in [0, 0.05) is 107 Å². The Morgan fingerprint density at radius 2 is 1.03 bits per heavy atom. The molecule has 0 aromatic carbocycles. The summed E-state index contributed by atoms with van der Waals surface area (Å²) in [4.78, 5) is 49.1. The Hall–Kier alpha value is -8.83. The number of rotatable bonds is 19. The van der Waals surface area contributed by atoms with Crippen molar-refractivity contribution in [1.29, 1.82) is 0 Å². The number of ether oxygens (including phenoxy) is 5. The highest BCUT2D eigenvalue weighted by Gasteiger charge is 2.52. The van der Waals surface area contributed by atoms with Crippen molar-refractivity contribution < 1.29 is 48.3 Å². The molecule has 12 heterocycles. The molecule has 1 saturated heterocycles. The first kappa shape index (κ1) is 69.5. The Balaban J connectivity index is 0.000000129. The Labute approximate surface area is 577 Å². The molecule has 6 atom stereocenters. The molecule has 3 saturated carbocycles. The smallest absolute Gasteiger partial charge is 0.495 e. The number of aromatic nitrogens is 13. The lowest BCUT2D eigenvalue weighted by molar-refractivity contribution is 0.00578. The minimum Gasteiger partial charge on any atom is -0.495 e. The molecule has 15 rings (SSSR count). The largest absolute Gasteiger partial charge is 0.498 e. The van der Waals surface area contributed by atoms with Crippen molar-refractivity contribution in [2.45, 2.75) is 89.0 Å². The van der Waals surface area contributed by atoms with E-state index in [1.54, 1.807) is 92.4 Å². The fraction of sp³-hybridized carbons (Fsp3) is 0.357. The van der Waals surface area contributed by atoms with Gasteiger partial charge in [-0.25, -0.2) is 9.97 Å². The van der Waals surface area contributed by atoms with Gasteiger partial charge >= 0.3 is 7.12 Å². The van der Waals surface area contributed by atoms with E-state index in [0.717, 1.165) is 108 Å². The van der Waals surface area contributed by atoms with Crippen LogP contribution in [0.25, 0.3) is 44.2 Å². The summed E-state index contributed by atoms with van der Waals surface area (Å²) in [7, 11) is 4.54. The third-order valence-electron chi connectivity index (χ3n) is 17.4. The first-order chi connectivity index (χ1) is 47.0. The van der Waals surface area contributed by atoms with Gasteiger partial charge in [0.1, 0.15) is 17.2 Å². The number of fused-ring (bicyclic) bond motifs is 3. The monoisotopic (exact) mass is 1440 g/mol. The van der Waals surface area contributed by atoms with E-state index in [4.69, 9.17) is 48.2 Å². The zero-order valence-corrected chi connectivity index (χ0v) is 57.9. The number of hydrogen-bond donors (Lipinski definition) is 4. The number of halogens is 2. The van der Waals surface area contributed by atoms with Crippen LogP contribution in [0.1, 0.15) is 81.8 Å². The van der Waals surface area contributed by atoms with E-state index in [1.807, 2.05) is 119 Å². The van der Waals surface area contributed by atoms with Crippen molar-refractivity contribution >= 4 is 77.5 Å². The van der Waals surface area contributed by atoms with Gasteiger partial charge in [-0.05, 0) is 176 Å². The van der Waals surface area contributed by atoms with E-state index in [-0.39, 0.29) is 43.7 Å². The number of aliphatic hydroxyl groups is 3. The summed E-state index contributed by atoms with van der Waals surface area (Å²) < 4.78 is 44.0. The number of pyridine rings is 9. The lowest BCUT2D eigenvalue weighted by Gasteiger charge is -2.32. The normalized spacial score (nSPS) is 19.0. The molecular formula is C70H76BBr2N13O11. The van der Waals surface area contributed by atoms with E-state index in [0.29, 0.717) is 78.0 Å². The minimum absolute atomic E-state index is 0.0322. The van der Waals surface area contributed by atoms with Gasteiger partial charge in [-0.15, -0.1) is 0 Å². The number of aromatic amines is 1. The second-order valence-electron chi connectivity index (χ2n) is 24.6. The van der Waals surface area contributed by atoms with Crippen LogP contribution in [0.2, 0.25) is 0 Å². The summed E-state index contributed by atoms with van der Waals surface area (Å²) in [5, 5.41) is 35.4. The number of aliphatic hydroxyl groups excluding tert-OH is 3. The molecule has 0 radical (unpaired) electrons. The summed E-state index contributed by atoms with van der Waals surface area (Å²) in [6.07, 6.45) is 20.8. The van der Waals surface area contributed by atoms with Gasteiger partial charge in [-0.3, -0.25) is 44.1 Å². The molecule has 11 aromatic rings. The maximum absolute atomic E-state index is 11.1. The number of hydrogen-bond acceptors (Lipinski definition) is 21. The van der Waals surface area contributed by atoms with Crippen molar-refractivity contribution in [2.24, 2.45) is 17.8 Å². The molecule has 24 nitrogen and oxygen atoms in total. The van der Waals surface area contributed by atoms with Gasteiger partial charge < -0.3 is 53.3 Å². The van der Waals surface area contributed by atoms with Crippen LogP contribution in [0.15, 0.2) is 167 Å². The van der Waals surface area contributed by atoms with E-state index < -0.39 is 0 Å². The summed E-state index contributed by atoms with van der Waals surface area (Å²) in [6, 6.07) is 28.6. The number of nitrogens with zero attached hydrogens (tertiary/aromatic N) is 12. The van der Waals surface area contributed by atoms with Gasteiger partial charge in [0.25, 0.3) is 5.56 Å². The third-order valence-corrected chi connectivity index (χ3v) is 18.6. The van der Waals surface area contributed by atoms with Gasteiger partial charge in [0.2, 0.25) is 11.8 Å². The Kier molecular flexibility index (Phi) is 22.6. The number of methoxy groups -OCH3 is 3. The van der Waals surface area contributed by atoms with Crippen LogP contribution < -0.4 is 34.7 Å². The molecule has 0 bridgehead atoms. The van der Waals surface area contributed by atoms with Crippen molar-refractivity contribution in [3.8, 4) is 40.1 Å². The zero-order valence-electron chi connectivity index (χ0n) is 54.8. The van der Waals surface area contributed by atoms with Gasteiger partial charge in [-0.2, -0.15) is 10.2 Å². The first-order valence-electron chi connectivity index (χ1n) is 31.8. The van der Waals surface area contributed by atoms with Crippen LogP contribution in [0.5, 0.6) is 29.0 Å². The van der Waals surface area contributed by atoms with Crippen LogP contribution in [0.4, 0.5) is 0 Å². The quantitative estimate of drug-likeness (QED) is 0.0547. The predicted molar refractivity (Wildman–Crippen MR) is 373 cm³/mol. The van der Waals surface area contributed by atoms with Gasteiger partial charge in [0.05, 0.1) is 139 Å². The molecule has 27 heteroatoms. The zero-order chi connectivity index (χ0) is 68.2. The summed E-state index contributed by atoms with van der Waals surface area (Å²) in [6.45, 7) is 10.6. The standard InChI is InChI=1S/C23H23N5O3.C18H16BrN3O2.C11H19BN2O3.C10H13NO2.C8H5BrN2O/c1-30-17-4-5-20(25-12-17)18-9-15(18)14-31-23-19(16-11-26-28(13-16)7-8-29)10-22-21(27-23)3-2-6-24-22;1-23-12-4-5-15(21-9-12)13-7-11(13)10-24-18-14(19)8-17-16(22-18)3-2-6-20-17;1-10(2)11(3,4)17-12(16-10)9-7-13-14(8-9)5-6-15;1-13-8-2-3-10(11-5-8)9-4-7(9)6-12;9-5-4-7-6(11-8(5)12)2-1-3-10-7/h2-6,10-13,15,18,29H,7-9,14H2,1H3;2-6,8-9,11,13H,7,10H2,1H3;7-8,15H,5-6H2,1-4H3;2-3,5,7,9,12H,4,6H2,1H3;1-4H,(H,11,12)/t15-,18?;11-,13?;;7-,9?;/m11.0./s1. The molecule has 4 fully saturated rings. The van der Waals surface area contributed by atoms with E-state index in [9.17, 15) is 9.90 Å². The summed E-state index contributed by atoms with van der Waals surface area (Å²) in [5.41, 5.74) is 9.84. The molecule has 4 N–H and O–H groups in total. The van der Waals surface area contributed by atoms with Crippen molar-refractivity contribution in [3.05, 3.63) is 189 Å². The summed E-state index contributed by atoms with van der Waals surface area (Å²) >= 11 is 6.64. The molecule has 0 spiro atoms. The van der Waals surface area contributed by atoms with Crippen molar-refractivity contribution in [2.75, 3.05) is 54.4 Å². The average molecular weight is 1450 g/mol. The molecule has 97 heavy (non-hydrogen) atoms. The van der Waals surface area contributed by atoms with Crippen LogP contribution in [0, 0.1) is 17.8 Å². The number of H-pyrrole nitrogens is 1. The molecule has 3 aliphatic carbocycles. The van der Waals surface area contributed by atoms with E-state index >= 15 is 0 Å². The topological polar surface area (TPSA) is 297 Å². The second kappa shape index (κ2) is 31.6. The lowest BCUT2D eigenvalue weighted by Crippen LogP contribution is -2.41. The van der Waals surface area contributed by atoms with Crippen molar-refractivity contribution in [3.63, 3.8) is 0 Å². The van der Waals surface area contributed by atoms with Crippen LogP contribution in [0.3, 0.4) is 0 Å². The average Bonchev–Trinajstić information content (AvgIpc) is 1.66. The molecule has 1 aliphatic heterocycles. The molecule has 504 valence electrons. The van der Waals surface area contributed by atoms with E-state index in [2.05, 4.69) is 81.9 Å². The molecule has 11 aromatic heterocycles. The molecule has 4 aliphatic rings. The lowest BCUT2D eigenvalue weighted by atomic mass is 9.82. The minimum atomic E-state index is -0.382. The van der Waals surface area contributed by atoms with E-state index in [1.165, 1.54) is 0 Å². The highest BCUT2D eigenvalue weighted by atomic mass is 79.9. The van der Waals surface area contributed by atoms with Crippen LogP contribution in [-0.4, -0.2) is 152 Å². The summed E-state index contributed by atoms with van der Waals surface area (Å²) in [5.74, 6) is 6.13. The fourth-order valence-corrected chi connectivity index (χ4v) is 11.5. The van der Waals surface area contributed by atoms with Gasteiger partial charge in [0.15, 0.2) is 0 Å². The van der Waals surface area contributed by atoms with Gasteiger partial charge in [-0.1, -0.05) is 0 Å². The molecule has 0 amide bonds. The predicted octanol–water partition coefficient (Wildman–Crippen LogP) is 10.1. The Morgan fingerprint density at radius 1 is 0.557 bits per heavy atom. The highest BCUT2D eigenvalue weighted by Crippen LogP contribution is 2.49. The number of nitrogens with one attached hydrogen (secondary N) is 1. The molecule has 3 unspecified atom stereocenters. The Bertz CT molecular complexity index is 4460. The first-order valence-corrected chi connectivity index (χ1v) is 33.3. The SMILES string of the molecule is CC1(C)OB(c2cnn(CCO)c2)OC1(C)C.COc1ccc(C2C[C@@H]2COc2nc3cccnc3cc2-c2cnn(CCO)c2)nc1.COc1ccc(C2C[C@@H]2COc2nc3cccnc3cc2Br)nc1.COc1ccc(C2C[C@H]2CO)nc1.O=c1[nH]c2cccnc2cc1Br. The second-order valence-corrected chi connectivity index (χ2v) is 26.3.